The molecule has 3 aromatic rings. The van der Waals surface area contributed by atoms with Crippen molar-refractivity contribution in [3.05, 3.63) is 85.6 Å². The third-order valence-corrected chi connectivity index (χ3v) is 8.70. The molecule has 1 saturated heterocycles. The summed E-state index contributed by atoms with van der Waals surface area (Å²) in [4.78, 5) is 25.2. The van der Waals surface area contributed by atoms with E-state index in [2.05, 4.69) is 26.6 Å². The van der Waals surface area contributed by atoms with Crippen molar-refractivity contribution in [3.63, 3.8) is 0 Å². The predicted octanol–water partition coefficient (Wildman–Crippen LogP) is 5.66. The van der Waals surface area contributed by atoms with Gasteiger partial charge in [-0.25, -0.2) is 12.8 Å². The molecule has 0 saturated carbocycles. The fourth-order valence-electron chi connectivity index (χ4n) is 3.91. The zero-order valence-electron chi connectivity index (χ0n) is 19.9. The van der Waals surface area contributed by atoms with E-state index >= 15 is 4.39 Å². The summed E-state index contributed by atoms with van der Waals surface area (Å²) < 4.78 is 44.4. The third-order valence-electron chi connectivity index (χ3n) is 5.77. The Morgan fingerprint density at radius 1 is 1.15 bits per heavy atom. The van der Waals surface area contributed by atoms with Crippen LogP contribution in [-0.4, -0.2) is 37.8 Å². The third kappa shape index (κ3) is 7.28. The van der Waals surface area contributed by atoms with E-state index in [9.17, 15) is 18.0 Å². The summed E-state index contributed by atoms with van der Waals surface area (Å²) in [6.45, 7) is 0. The summed E-state index contributed by atoms with van der Waals surface area (Å²) in [5.74, 6) is -1.97. The van der Waals surface area contributed by atoms with E-state index in [-0.39, 0.29) is 66.3 Å². The van der Waals surface area contributed by atoms with E-state index in [1.54, 1.807) is 0 Å². The van der Waals surface area contributed by atoms with Gasteiger partial charge in [-0.15, -0.1) is 0 Å². The van der Waals surface area contributed by atoms with E-state index in [1.165, 1.54) is 48.5 Å². The van der Waals surface area contributed by atoms with Gasteiger partial charge < -0.3 is 15.4 Å². The number of sulfone groups is 1. The second-order valence-electron chi connectivity index (χ2n) is 8.73. The summed E-state index contributed by atoms with van der Waals surface area (Å²) in [7, 11) is -3.15. The lowest BCUT2D eigenvalue weighted by molar-refractivity contribution is -0.115. The second kappa shape index (κ2) is 11.9. The SMILES string of the molecule is N#Cc1cc(Cl)cc(Oc2c(Br)ccc(CC(=O)Nc3ccc(C(=O)NC4CCS(=O)(=O)C4)cc3Cl)c2F)c1. The Morgan fingerprint density at radius 3 is 2.59 bits per heavy atom. The first-order valence-electron chi connectivity index (χ1n) is 11.4. The highest BCUT2D eigenvalue weighted by molar-refractivity contribution is 9.10. The molecule has 1 atom stereocenters. The van der Waals surface area contributed by atoms with Gasteiger partial charge in [0.15, 0.2) is 21.4 Å². The lowest BCUT2D eigenvalue weighted by Crippen LogP contribution is -2.35. The van der Waals surface area contributed by atoms with Crippen molar-refractivity contribution >= 4 is 66.5 Å². The molecule has 1 aliphatic rings. The van der Waals surface area contributed by atoms with Gasteiger partial charge in [-0.2, -0.15) is 5.26 Å². The minimum Gasteiger partial charge on any atom is -0.453 e. The average Bonchev–Trinajstić information content (AvgIpc) is 3.22. The van der Waals surface area contributed by atoms with Crippen LogP contribution < -0.4 is 15.4 Å². The molecule has 2 N–H and O–H groups in total. The largest absolute Gasteiger partial charge is 0.453 e. The fraction of sp³-hybridized carbons (Fsp3) is 0.192. The van der Waals surface area contributed by atoms with E-state index in [0.717, 1.165) is 0 Å². The van der Waals surface area contributed by atoms with Crippen molar-refractivity contribution in [2.45, 2.75) is 18.9 Å². The summed E-state index contributed by atoms with van der Waals surface area (Å²) >= 11 is 15.5. The molecule has 0 spiro atoms. The average molecular weight is 655 g/mol. The van der Waals surface area contributed by atoms with Crippen LogP contribution >= 0.6 is 39.1 Å². The maximum Gasteiger partial charge on any atom is 0.251 e. The number of hydrogen-bond acceptors (Lipinski definition) is 6. The van der Waals surface area contributed by atoms with Crippen LogP contribution in [-0.2, 0) is 21.1 Å². The molecule has 39 heavy (non-hydrogen) atoms. The molecule has 1 fully saturated rings. The van der Waals surface area contributed by atoms with Gasteiger partial charge in [0.2, 0.25) is 5.91 Å². The van der Waals surface area contributed by atoms with Gasteiger partial charge in [-0.05, 0) is 64.8 Å². The molecular weight excluding hydrogens is 636 g/mol. The Morgan fingerprint density at radius 2 is 1.92 bits per heavy atom. The van der Waals surface area contributed by atoms with E-state index in [1.807, 2.05) is 6.07 Å². The first-order valence-corrected chi connectivity index (χ1v) is 14.8. The van der Waals surface area contributed by atoms with E-state index < -0.39 is 33.5 Å². The number of carbonyl (C=O) groups excluding carboxylic acids is 2. The molecule has 0 aromatic heterocycles. The van der Waals surface area contributed by atoms with Crippen LogP contribution in [0.1, 0.15) is 27.9 Å². The highest BCUT2D eigenvalue weighted by Crippen LogP contribution is 2.36. The van der Waals surface area contributed by atoms with Crippen molar-refractivity contribution in [2.24, 2.45) is 0 Å². The zero-order valence-corrected chi connectivity index (χ0v) is 23.8. The van der Waals surface area contributed by atoms with Crippen LogP contribution in [0.3, 0.4) is 0 Å². The number of nitrogens with zero attached hydrogens (tertiary/aromatic N) is 1. The van der Waals surface area contributed by atoms with Crippen LogP contribution in [0.15, 0.2) is 53.0 Å². The van der Waals surface area contributed by atoms with Crippen molar-refractivity contribution in [1.82, 2.24) is 5.32 Å². The molecule has 3 aromatic carbocycles. The number of nitrogens with one attached hydrogen (secondary N) is 2. The van der Waals surface area contributed by atoms with Crippen LogP contribution in [0, 0.1) is 17.1 Å². The van der Waals surface area contributed by atoms with Crippen molar-refractivity contribution < 1.29 is 27.1 Å². The van der Waals surface area contributed by atoms with Gasteiger partial charge >= 0.3 is 0 Å². The minimum atomic E-state index is -3.15. The Kier molecular flexibility index (Phi) is 8.81. The van der Waals surface area contributed by atoms with Crippen LogP contribution in [0.2, 0.25) is 10.0 Å². The highest BCUT2D eigenvalue weighted by atomic mass is 79.9. The maximum absolute atomic E-state index is 15.3. The Hall–Kier alpha value is -3.17. The molecular formula is C26H19BrCl2FN3O5S. The number of hydrogen-bond donors (Lipinski definition) is 2. The summed E-state index contributed by atoms with van der Waals surface area (Å²) in [6, 6.07) is 12.9. The molecule has 13 heteroatoms. The Labute approximate surface area is 242 Å². The van der Waals surface area contributed by atoms with Crippen LogP contribution in [0.25, 0.3) is 0 Å². The molecule has 0 bridgehead atoms. The number of nitriles is 1. The molecule has 4 rings (SSSR count). The highest BCUT2D eigenvalue weighted by Gasteiger charge is 2.29. The molecule has 2 amide bonds. The number of anilines is 1. The topological polar surface area (TPSA) is 125 Å². The molecule has 8 nitrogen and oxygen atoms in total. The summed E-state index contributed by atoms with van der Waals surface area (Å²) in [6.07, 6.45) is -0.0154. The number of carbonyl (C=O) groups is 2. The lowest BCUT2D eigenvalue weighted by atomic mass is 10.1. The number of halogens is 4. The number of rotatable bonds is 7. The van der Waals surface area contributed by atoms with Crippen LogP contribution in [0.4, 0.5) is 10.1 Å². The predicted molar refractivity (Wildman–Crippen MR) is 149 cm³/mol. The smallest absolute Gasteiger partial charge is 0.251 e. The van der Waals surface area contributed by atoms with Gasteiger partial charge in [-0.3, -0.25) is 9.59 Å². The first kappa shape index (κ1) is 28.8. The van der Waals surface area contributed by atoms with Gasteiger partial charge in [0, 0.05) is 22.2 Å². The van der Waals surface area contributed by atoms with Gasteiger partial charge in [0.1, 0.15) is 5.75 Å². The zero-order chi connectivity index (χ0) is 28.3. The quantitative estimate of drug-likeness (QED) is 0.339. The summed E-state index contributed by atoms with van der Waals surface area (Å²) in [5, 5.41) is 14.7. The van der Waals surface area contributed by atoms with Gasteiger partial charge in [0.25, 0.3) is 5.91 Å². The first-order chi connectivity index (χ1) is 18.4. The monoisotopic (exact) mass is 653 g/mol. The number of benzene rings is 3. The van der Waals surface area contributed by atoms with Gasteiger partial charge in [0.05, 0.1) is 44.7 Å². The fourth-order valence-corrected chi connectivity index (χ4v) is 6.42. The molecule has 0 radical (unpaired) electrons. The standard InChI is InChI=1S/C26H19BrCl2FN3O5S/c27-20-3-1-15(24(30)25(20)38-19-8-14(12-31)7-17(28)11-19)10-23(34)33-22-4-2-16(9-21(22)29)26(35)32-18-5-6-39(36,37)13-18/h1-4,7-9,11,18H,5-6,10,13H2,(H,32,35)(H,33,34). The van der Waals surface area contributed by atoms with E-state index in [0.29, 0.717) is 6.42 Å². The Balaban J connectivity index is 1.44. The lowest BCUT2D eigenvalue weighted by Gasteiger charge is -2.14. The van der Waals surface area contributed by atoms with E-state index in [4.69, 9.17) is 33.2 Å². The molecule has 1 heterocycles. The van der Waals surface area contributed by atoms with Crippen molar-refractivity contribution in [1.29, 1.82) is 5.26 Å². The second-order valence-corrected chi connectivity index (χ2v) is 12.7. The normalized spacial score (nSPS) is 15.8. The van der Waals surface area contributed by atoms with Crippen molar-refractivity contribution in [3.8, 4) is 17.6 Å². The Bertz CT molecular complexity index is 1630. The number of amides is 2. The van der Waals surface area contributed by atoms with Gasteiger partial charge in [-0.1, -0.05) is 29.3 Å². The van der Waals surface area contributed by atoms with Crippen LogP contribution in [0.5, 0.6) is 11.5 Å². The molecule has 1 unspecified atom stereocenters. The van der Waals surface area contributed by atoms with Crippen molar-refractivity contribution in [2.75, 3.05) is 16.8 Å². The minimum absolute atomic E-state index is 0.0268. The summed E-state index contributed by atoms with van der Waals surface area (Å²) in [5.41, 5.74) is 0.672. The maximum atomic E-state index is 15.3. The molecule has 1 aliphatic heterocycles. The molecule has 0 aliphatic carbocycles. The number of ether oxygens (including phenoxy) is 1. The molecule has 202 valence electrons.